The summed E-state index contributed by atoms with van der Waals surface area (Å²) in [4.78, 5) is 21.4. The Morgan fingerprint density at radius 2 is 1.89 bits per heavy atom. The SMILES string of the molecule is O=C(O)c1cc(I)c(NC(=O)C(F)(F)F)cc1Cl. The fourth-order valence-corrected chi connectivity index (χ4v) is 1.85. The van der Waals surface area contributed by atoms with E-state index in [2.05, 4.69) is 0 Å². The highest BCUT2D eigenvalue weighted by Crippen LogP contribution is 2.28. The molecule has 0 aliphatic rings. The molecule has 0 radical (unpaired) electrons. The molecule has 1 aromatic carbocycles. The molecule has 1 amide bonds. The molecule has 1 aromatic rings. The zero-order chi connectivity index (χ0) is 14.1. The molecule has 0 fully saturated rings. The van der Waals surface area contributed by atoms with Crippen LogP contribution in [0.3, 0.4) is 0 Å². The van der Waals surface area contributed by atoms with Crippen LogP contribution in [0.5, 0.6) is 0 Å². The number of halogens is 5. The average Bonchev–Trinajstić information content (AvgIpc) is 2.21. The fraction of sp³-hybridized carbons (Fsp3) is 0.111. The second-order valence-corrected chi connectivity index (χ2v) is 4.64. The van der Waals surface area contributed by atoms with E-state index in [1.807, 2.05) is 0 Å². The predicted molar refractivity (Wildman–Crippen MR) is 65.8 cm³/mol. The summed E-state index contributed by atoms with van der Waals surface area (Å²) >= 11 is 7.17. The molecule has 0 saturated heterocycles. The van der Waals surface area contributed by atoms with Gasteiger partial charge in [-0.15, -0.1) is 0 Å². The molecular formula is C9H4ClF3INO3. The molecule has 0 atom stereocenters. The molecule has 0 aromatic heterocycles. The predicted octanol–water partition coefficient (Wildman–Crippen LogP) is 3.14. The number of nitrogens with one attached hydrogen (secondary N) is 1. The summed E-state index contributed by atoms with van der Waals surface area (Å²) in [5.41, 5.74) is -0.459. The van der Waals surface area contributed by atoms with Gasteiger partial charge in [-0.2, -0.15) is 13.2 Å². The number of aromatic carboxylic acids is 1. The second kappa shape index (κ2) is 5.31. The van der Waals surface area contributed by atoms with Crippen LogP contribution in [0.1, 0.15) is 10.4 Å². The first kappa shape index (κ1) is 15.0. The number of carbonyl (C=O) groups is 2. The molecule has 4 nitrogen and oxygen atoms in total. The van der Waals surface area contributed by atoms with Crippen molar-refractivity contribution in [1.82, 2.24) is 0 Å². The van der Waals surface area contributed by atoms with Gasteiger partial charge in [-0.3, -0.25) is 4.79 Å². The minimum atomic E-state index is -5.03. The van der Waals surface area contributed by atoms with E-state index >= 15 is 0 Å². The van der Waals surface area contributed by atoms with Crippen molar-refractivity contribution in [2.45, 2.75) is 6.18 Å². The Balaban J connectivity index is 3.10. The van der Waals surface area contributed by atoms with E-state index in [4.69, 9.17) is 16.7 Å². The second-order valence-electron chi connectivity index (χ2n) is 3.07. The Bertz CT molecular complexity index is 519. The Morgan fingerprint density at radius 1 is 1.33 bits per heavy atom. The lowest BCUT2D eigenvalue weighted by molar-refractivity contribution is -0.167. The number of hydrogen-bond donors (Lipinski definition) is 2. The van der Waals surface area contributed by atoms with Gasteiger partial charge < -0.3 is 10.4 Å². The molecule has 0 saturated carbocycles. The van der Waals surface area contributed by atoms with Crippen molar-refractivity contribution in [3.8, 4) is 0 Å². The first-order valence-electron chi connectivity index (χ1n) is 4.23. The molecule has 0 unspecified atom stereocenters. The van der Waals surface area contributed by atoms with Gasteiger partial charge in [-0.1, -0.05) is 11.6 Å². The maximum atomic E-state index is 12.0. The number of carboxylic acid groups (broad SMARTS) is 1. The van der Waals surface area contributed by atoms with E-state index in [-0.39, 0.29) is 19.8 Å². The molecule has 9 heteroatoms. The lowest BCUT2D eigenvalue weighted by atomic mass is 10.2. The third-order valence-corrected chi connectivity index (χ3v) is 3.00. The molecule has 18 heavy (non-hydrogen) atoms. The van der Waals surface area contributed by atoms with Gasteiger partial charge in [-0.25, -0.2) is 4.79 Å². The van der Waals surface area contributed by atoms with Crippen LogP contribution in [0.2, 0.25) is 5.02 Å². The van der Waals surface area contributed by atoms with Gasteiger partial charge >= 0.3 is 18.1 Å². The Kier molecular flexibility index (Phi) is 4.43. The summed E-state index contributed by atoms with van der Waals surface area (Å²) in [6.45, 7) is 0. The van der Waals surface area contributed by atoms with Gasteiger partial charge in [-0.05, 0) is 34.7 Å². The Labute approximate surface area is 117 Å². The van der Waals surface area contributed by atoms with Crippen LogP contribution >= 0.6 is 34.2 Å². The minimum Gasteiger partial charge on any atom is -0.478 e. The van der Waals surface area contributed by atoms with Crippen molar-refractivity contribution in [3.05, 3.63) is 26.3 Å². The van der Waals surface area contributed by atoms with Crippen molar-refractivity contribution in [2.24, 2.45) is 0 Å². The molecule has 0 bridgehead atoms. The quantitative estimate of drug-likeness (QED) is 0.759. The maximum absolute atomic E-state index is 12.0. The Morgan fingerprint density at radius 3 is 2.33 bits per heavy atom. The van der Waals surface area contributed by atoms with Gasteiger partial charge in [0.05, 0.1) is 16.3 Å². The number of benzene rings is 1. The summed E-state index contributed by atoms with van der Waals surface area (Å²) in [7, 11) is 0. The summed E-state index contributed by atoms with van der Waals surface area (Å²) in [5, 5.41) is 10.1. The van der Waals surface area contributed by atoms with Gasteiger partial charge in [0.25, 0.3) is 0 Å². The van der Waals surface area contributed by atoms with Crippen molar-refractivity contribution in [1.29, 1.82) is 0 Å². The average molecular weight is 393 g/mol. The topological polar surface area (TPSA) is 66.4 Å². The number of anilines is 1. The summed E-state index contributed by atoms with van der Waals surface area (Å²) in [6.07, 6.45) is -5.03. The highest BCUT2D eigenvalue weighted by atomic mass is 127. The summed E-state index contributed by atoms with van der Waals surface area (Å²) in [6, 6.07) is 2.02. The molecule has 98 valence electrons. The number of hydrogen-bond acceptors (Lipinski definition) is 2. The molecule has 0 spiro atoms. The van der Waals surface area contributed by atoms with E-state index in [9.17, 15) is 22.8 Å². The van der Waals surface area contributed by atoms with Gasteiger partial charge in [0.1, 0.15) is 0 Å². The lowest BCUT2D eigenvalue weighted by Crippen LogP contribution is -2.30. The molecular weight excluding hydrogens is 389 g/mol. The third-order valence-electron chi connectivity index (χ3n) is 1.79. The monoisotopic (exact) mass is 393 g/mol. The van der Waals surface area contributed by atoms with E-state index < -0.39 is 18.1 Å². The number of carbonyl (C=O) groups excluding carboxylic acids is 1. The number of carboxylic acids is 1. The van der Waals surface area contributed by atoms with Crippen LogP contribution in [0.4, 0.5) is 18.9 Å². The van der Waals surface area contributed by atoms with Crippen LogP contribution in [-0.2, 0) is 4.79 Å². The summed E-state index contributed by atoms with van der Waals surface area (Å²) in [5.74, 6) is -3.47. The van der Waals surface area contributed by atoms with Gasteiger partial charge in [0, 0.05) is 3.57 Å². The van der Waals surface area contributed by atoms with E-state index in [0.717, 1.165) is 12.1 Å². The molecule has 1 rings (SSSR count). The zero-order valence-corrected chi connectivity index (χ0v) is 11.2. The molecule has 0 aliphatic heterocycles. The summed E-state index contributed by atoms with van der Waals surface area (Å²) < 4.78 is 36.2. The highest BCUT2D eigenvalue weighted by Gasteiger charge is 2.39. The van der Waals surface area contributed by atoms with Crippen LogP contribution in [-0.4, -0.2) is 23.2 Å². The standard InChI is InChI=1S/C9H4ClF3INO3/c10-4-2-6(15-8(18)9(11,12)13)5(14)1-3(4)7(16)17/h1-2H,(H,15,18)(H,16,17). The van der Waals surface area contributed by atoms with Crippen molar-refractivity contribution in [2.75, 3.05) is 5.32 Å². The van der Waals surface area contributed by atoms with E-state index in [1.165, 1.54) is 0 Å². The fourth-order valence-electron chi connectivity index (χ4n) is 1.000. The van der Waals surface area contributed by atoms with Crippen LogP contribution < -0.4 is 5.32 Å². The van der Waals surface area contributed by atoms with Crippen molar-refractivity contribution >= 4 is 51.8 Å². The van der Waals surface area contributed by atoms with Gasteiger partial charge in [0.15, 0.2) is 0 Å². The van der Waals surface area contributed by atoms with Crippen LogP contribution in [0.25, 0.3) is 0 Å². The number of rotatable bonds is 2. The normalized spacial score (nSPS) is 11.2. The third kappa shape index (κ3) is 3.48. The first-order valence-corrected chi connectivity index (χ1v) is 5.69. The van der Waals surface area contributed by atoms with Crippen LogP contribution in [0, 0.1) is 3.57 Å². The molecule has 2 N–H and O–H groups in total. The van der Waals surface area contributed by atoms with E-state index in [0.29, 0.717) is 0 Å². The minimum absolute atomic E-state index is 0.131. The largest absolute Gasteiger partial charge is 0.478 e. The Hall–Kier alpha value is -1.03. The van der Waals surface area contributed by atoms with E-state index in [1.54, 1.807) is 27.9 Å². The lowest BCUT2D eigenvalue weighted by Gasteiger charge is -2.11. The number of alkyl halides is 3. The first-order chi connectivity index (χ1) is 8.12. The zero-order valence-electron chi connectivity index (χ0n) is 8.31. The van der Waals surface area contributed by atoms with Crippen LogP contribution in [0.15, 0.2) is 12.1 Å². The van der Waals surface area contributed by atoms with Crippen molar-refractivity contribution < 1.29 is 27.9 Å². The van der Waals surface area contributed by atoms with Gasteiger partial charge in [0.2, 0.25) is 0 Å². The molecule has 0 aliphatic carbocycles. The van der Waals surface area contributed by atoms with Crippen molar-refractivity contribution in [3.63, 3.8) is 0 Å². The maximum Gasteiger partial charge on any atom is 0.471 e. The number of amides is 1. The smallest absolute Gasteiger partial charge is 0.471 e. The highest BCUT2D eigenvalue weighted by molar-refractivity contribution is 14.1. The molecule has 0 heterocycles.